The second-order valence-corrected chi connectivity index (χ2v) is 4.32. The van der Waals surface area contributed by atoms with Gasteiger partial charge in [-0.1, -0.05) is 13.8 Å². The highest BCUT2D eigenvalue weighted by Gasteiger charge is 2.19. The van der Waals surface area contributed by atoms with Crippen molar-refractivity contribution in [2.75, 3.05) is 5.32 Å². The third kappa shape index (κ3) is 3.27. The smallest absolute Gasteiger partial charge is 0.248 e. The fourth-order valence-electron chi connectivity index (χ4n) is 1.29. The van der Waals surface area contributed by atoms with Crippen LogP contribution in [0.5, 0.6) is 0 Å². The Kier molecular flexibility index (Phi) is 4.38. The van der Waals surface area contributed by atoms with Crippen LogP contribution in [0.15, 0.2) is 18.2 Å². The molecule has 0 radical (unpaired) electrons. The van der Waals surface area contributed by atoms with Gasteiger partial charge in [-0.15, -0.1) is 0 Å². The number of hydrogen-bond acceptors (Lipinski definition) is 3. The molecule has 1 aromatic rings. The van der Waals surface area contributed by atoms with Crippen LogP contribution in [0.3, 0.4) is 0 Å². The maximum Gasteiger partial charge on any atom is 0.248 e. The Balaban J connectivity index is 2.93. The highest BCUT2D eigenvalue weighted by molar-refractivity contribution is 5.98. The molecule has 1 rings (SSSR count). The summed E-state index contributed by atoms with van der Waals surface area (Å²) in [5, 5.41) is 2.34. The first-order chi connectivity index (χ1) is 8.32. The SMILES string of the molecule is CC(C)[C@H](N)C(=O)Nc1cc(C(N)=O)ccc1F. The van der Waals surface area contributed by atoms with E-state index in [0.717, 1.165) is 6.07 Å². The summed E-state index contributed by atoms with van der Waals surface area (Å²) >= 11 is 0. The van der Waals surface area contributed by atoms with Crippen molar-refractivity contribution < 1.29 is 14.0 Å². The Morgan fingerprint density at radius 1 is 1.33 bits per heavy atom. The number of anilines is 1. The van der Waals surface area contributed by atoms with Gasteiger partial charge in [0.25, 0.3) is 0 Å². The molecule has 0 aliphatic heterocycles. The van der Waals surface area contributed by atoms with Gasteiger partial charge < -0.3 is 16.8 Å². The molecule has 0 saturated heterocycles. The Bertz CT molecular complexity index is 474. The number of hydrogen-bond donors (Lipinski definition) is 3. The molecule has 6 heteroatoms. The van der Waals surface area contributed by atoms with Gasteiger partial charge >= 0.3 is 0 Å². The first-order valence-corrected chi connectivity index (χ1v) is 5.48. The van der Waals surface area contributed by atoms with E-state index in [-0.39, 0.29) is 17.2 Å². The van der Waals surface area contributed by atoms with E-state index in [9.17, 15) is 14.0 Å². The van der Waals surface area contributed by atoms with Crippen molar-refractivity contribution in [1.29, 1.82) is 0 Å². The van der Waals surface area contributed by atoms with Crippen molar-refractivity contribution in [2.24, 2.45) is 17.4 Å². The van der Waals surface area contributed by atoms with E-state index in [1.54, 1.807) is 13.8 Å². The Morgan fingerprint density at radius 3 is 2.44 bits per heavy atom. The lowest BCUT2D eigenvalue weighted by Gasteiger charge is -2.15. The van der Waals surface area contributed by atoms with Crippen LogP contribution in [0, 0.1) is 11.7 Å². The van der Waals surface area contributed by atoms with Crippen LogP contribution in [-0.4, -0.2) is 17.9 Å². The highest BCUT2D eigenvalue weighted by Crippen LogP contribution is 2.16. The molecule has 5 nitrogen and oxygen atoms in total. The summed E-state index contributed by atoms with van der Waals surface area (Å²) in [7, 11) is 0. The zero-order valence-corrected chi connectivity index (χ0v) is 10.2. The molecule has 0 aromatic heterocycles. The first kappa shape index (κ1) is 14.1. The fourth-order valence-corrected chi connectivity index (χ4v) is 1.29. The maximum atomic E-state index is 13.5. The van der Waals surface area contributed by atoms with E-state index in [1.807, 2.05) is 0 Å². The number of benzene rings is 1. The molecule has 0 aliphatic rings. The van der Waals surface area contributed by atoms with Crippen molar-refractivity contribution in [2.45, 2.75) is 19.9 Å². The number of nitrogens with two attached hydrogens (primary N) is 2. The van der Waals surface area contributed by atoms with E-state index < -0.39 is 23.7 Å². The number of primary amides is 1. The molecular weight excluding hydrogens is 237 g/mol. The molecule has 18 heavy (non-hydrogen) atoms. The molecule has 1 atom stereocenters. The number of amides is 2. The van der Waals surface area contributed by atoms with Gasteiger partial charge in [-0.2, -0.15) is 0 Å². The van der Waals surface area contributed by atoms with E-state index >= 15 is 0 Å². The summed E-state index contributed by atoms with van der Waals surface area (Å²) in [6.45, 7) is 3.56. The van der Waals surface area contributed by atoms with Crippen LogP contribution in [0.4, 0.5) is 10.1 Å². The lowest BCUT2D eigenvalue weighted by atomic mass is 10.0. The van der Waals surface area contributed by atoms with Crippen LogP contribution in [0.25, 0.3) is 0 Å². The molecule has 0 aliphatic carbocycles. The molecule has 1 aromatic carbocycles. The molecule has 5 N–H and O–H groups in total. The van der Waals surface area contributed by atoms with Gasteiger partial charge in [0, 0.05) is 5.56 Å². The van der Waals surface area contributed by atoms with Gasteiger partial charge in [-0.3, -0.25) is 9.59 Å². The van der Waals surface area contributed by atoms with Gasteiger partial charge in [0.2, 0.25) is 11.8 Å². The third-order valence-electron chi connectivity index (χ3n) is 2.53. The third-order valence-corrected chi connectivity index (χ3v) is 2.53. The Morgan fingerprint density at radius 2 is 1.94 bits per heavy atom. The topological polar surface area (TPSA) is 98.2 Å². The lowest BCUT2D eigenvalue weighted by molar-refractivity contribution is -0.118. The molecule has 0 unspecified atom stereocenters. The van der Waals surface area contributed by atoms with Crippen LogP contribution in [-0.2, 0) is 4.79 Å². The minimum atomic E-state index is -0.748. The highest BCUT2D eigenvalue weighted by atomic mass is 19.1. The van der Waals surface area contributed by atoms with Crippen molar-refractivity contribution >= 4 is 17.5 Å². The lowest BCUT2D eigenvalue weighted by Crippen LogP contribution is -2.40. The predicted octanol–water partition coefficient (Wildman–Crippen LogP) is 0.846. The number of nitrogens with one attached hydrogen (secondary N) is 1. The summed E-state index contributed by atoms with van der Waals surface area (Å²) in [6, 6.07) is 2.75. The maximum absolute atomic E-state index is 13.5. The van der Waals surface area contributed by atoms with Gasteiger partial charge in [0.1, 0.15) is 5.82 Å². The van der Waals surface area contributed by atoms with Crippen molar-refractivity contribution in [3.05, 3.63) is 29.6 Å². The van der Waals surface area contributed by atoms with Crippen LogP contribution in [0.1, 0.15) is 24.2 Å². The second kappa shape index (κ2) is 5.59. The van der Waals surface area contributed by atoms with Gasteiger partial charge in [-0.05, 0) is 24.1 Å². The summed E-state index contributed by atoms with van der Waals surface area (Å²) in [6.07, 6.45) is 0. The average Bonchev–Trinajstić information content (AvgIpc) is 2.30. The number of carbonyl (C=O) groups excluding carboxylic acids is 2. The van der Waals surface area contributed by atoms with Crippen molar-refractivity contribution in [3.8, 4) is 0 Å². The minimum absolute atomic E-state index is 0.0765. The van der Waals surface area contributed by atoms with Gasteiger partial charge in [-0.25, -0.2) is 4.39 Å². The Labute approximate surface area is 104 Å². The van der Waals surface area contributed by atoms with Crippen LogP contribution in [0.2, 0.25) is 0 Å². The summed E-state index contributed by atoms with van der Waals surface area (Å²) in [5.74, 6) is -1.93. The van der Waals surface area contributed by atoms with E-state index in [2.05, 4.69) is 5.32 Å². The second-order valence-electron chi connectivity index (χ2n) is 4.32. The van der Waals surface area contributed by atoms with Gasteiger partial charge in [0.15, 0.2) is 0 Å². The molecule has 0 fully saturated rings. The molecule has 2 amide bonds. The number of rotatable bonds is 4. The summed E-state index contributed by atoms with van der Waals surface area (Å²) in [4.78, 5) is 22.6. The largest absolute Gasteiger partial charge is 0.366 e. The molecule has 98 valence electrons. The van der Waals surface area contributed by atoms with Crippen LogP contribution < -0.4 is 16.8 Å². The van der Waals surface area contributed by atoms with Crippen LogP contribution >= 0.6 is 0 Å². The van der Waals surface area contributed by atoms with E-state index in [0.29, 0.717) is 0 Å². The van der Waals surface area contributed by atoms with Crippen molar-refractivity contribution in [3.63, 3.8) is 0 Å². The molecule has 0 saturated carbocycles. The number of carbonyl (C=O) groups is 2. The van der Waals surface area contributed by atoms with E-state index in [4.69, 9.17) is 11.5 Å². The molecule has 0 heterocycles. The average molecular weight is 253 g/mol. The monoisotopic (exact) mass is 253 g/mol. The molecule has 0 spiro atoms. The van der Waals surface area contributed by atoms with Gasteiger partial charge in [0.05, 0.1) is 11.7 Å². The van der Waals surface area contributed by atoms with E-state index in [1.165, 1.54) is 12.1 Å². The minimum Gasteiger partial charge on any atom is -0.366 e. The normalized spacial score (nSPS) is 12.3. The Hall–Kier alpha value is -1.95. The summed E-state index contributed by atoms with van der Waals surface area (Å²) < 4.78 is 13.5. The summed E-state index contributed by atoms with van der Waals surface area (Å²) in [5.41, 5.74) is 10.7. The standard InChI is InChI=1S/C12H16FN3O2/c1-6(2)10(14)12(18)16-9-5-7(11(15)17)3-4-8(9)13/h3-6,10H,14H2,1-2H3,(H2,15,17)(H,16,18)/t10-/m0/s1. The van der Waals surface area contributed by atoms with Crippen molar-refractivity contribution in [1.82, 2.24) is 0 Å². The fraction of sp³-hybridized carbons (Fsp3) is 0.333. The zero-order valence-electron chi connectivity index (χ0n) is 10.2. The molecular formula is C12H16FN3O2. The zero-order chi connectivity index (χ0) is 13.9. The quantitative estimate of drug-likeness (QED) is 0.741. The first-order valence-electron chi connectivity index (χ1n) is 5.48. The predicted molar refractivity (Wildman–Crippen MR) is 66.4 cm³/mol. The molecule has 0 bridgehead atoms. The number of halogens is 1.